The number of amides is 2. The van der Waals surface area contributed by atoms with Crippen LogP contribution in [0.1, 0.15) is 52.3 Å². The number of rotatable bonds is 4. The van der Waals surface area contributed by atoms with Crippen LogP contribution in [0.2, 0.25) is 0 Å². The molecule has 3 rings (SSSR count). The van der Waals surface area contributed by atoms with Crippen molar-refractivity contribution in [2.24, 2.45) is 0 Å². The van der Waals surface area contributed by atoms with E-state index in [-0.39, 0.29) is 6.61 Å². The number of hydrogen-bond acceptors (Lipinski definition) is 8. The highest BCUT2D eigenvalue weighted by molar-refractivity contribution is 5.90. The second-order valence-electron chi connectivity index (χ2n) is 9.44. The molecule has 0 aliphatic carbocycles. The number of esters is 1. The van der Waals surface area contributed by atoms with Crippen molar-refractivity contribution in [1.82, 2.24) is 10.3 Å². The Balaban J connectivity index is 2.06. The van der Waals surface area contributed by atoms with E-state index in [1.807, 2.05) is 30.4 Å². The molecule has 2 bridgehead atoms. The summed E-state index contributed by atoms with van der Waals surface area (Å²) in [6.45, 7) is 7.40. The molecule has 3 N–H and O–H groups in total. The summed E-state index contributed by atoms with van der Waals surface area (Å²) >= 11 is 0. The number of nitrogens with zero attached hydrogens (tertiary/aromatic N) is 1. The monoisotopic (exact) mass is 510 g/mol. The number of alkyl carbamates (subject to hydrolysis) is 1. The maximum atomic E-state index is 12.8. The highest BCUT2D eigenvalue weighted by atomic mass is 16.6. The van der Waals surface area contributed by atoms with Crippen LogP contribution >= 0.6 is 0 Å². The predicted molar refractivity (Wildman–Crippen MR) is 140 cm³/mol. The summed E-state index contributed by atoms with van der Waals surface area (Å²) in [6, 6.07) is 7.87. The van der Waals surface area contributed by atoms with E-state index in [0.717, 1.165) is 11.1 Å². The van der Waals surface area contributed by atoms with Crippen molar-refractivity contribution in [1.29, 1.82) is 0 Å². The van der Waals surface area contributed by atoms with Crippen LogP contribution in [0.4, 0.5) is 21.0 Å². The van der Waals surface area contributed by atoms with Gasteiger partial charge in [0.2, 0.25) is 0 Å². The smallest absolute Gasteiger partial charge is 0.411 e. The first kappa shape index (κ1) is 27.5. The number of benzene rings is 1. The summed E-state index contributed by atoms with van der Waals surface area (Å²) in [5.41, 5.74) is 2.68. The third-order valence-electron chi connectivity index (χ3n) is 5.40. The lowest BCUT2D eigenvalue weighted by Crippen LogP contribution is -2.35. The minimum atomic E-state index is -0.679. The van der Waals surface area contributed by atoms with E-state index >= 15 is 0 Å². The van der Waals surface area contributed by atoms with Crippen molar-refractivity contribution in [3.05, 3.63) is 54.4 Å². The first-order chi connectivity index (χ1) is 17.6. The van der Waals surface area contributed by atoms with Crippen molar-refractivity contribution in [3.8, 4) is 11.1 Å². The lowest BCUT2D eigenvalue weighted by atomic mass is 9.99. The number of hydrogen-bond donors (Lipinski definition) is 3. The van der Waals surface area contributed by atoms with Crippen LogP contribution in [0.15, 0.2) is 48.7 Å². The van der Waals surface area contributed by atoms with Gasteiger partial charge in [0.15, 0.2) is 0 Å². The van der Waals surface area contributed by atoms with Gasteiger partial charge in [0.1, 0.15) is 11.6 Å². The molecule has 0 fully saturated rings. The molecule has 198 valence electrons. The van der Waals surface area contributed by atoms with Gasteiger partial charge < -0.3 is 24.8 Å². The minimum Gasteiger partial charge on any atom is -0.464 e. The number of aromatic nitrogens is 1. The average Bonchev–Trinajstić information content (AvgIpc) is 2.83. The van der Waals surface area contributed by atoms with E-state index in [1.54, 1.807) is 46.0 Å². The van der Waals surface area contributed by atoms with Gasteiger partial charge in [-0.1, -0.05) is 18.2 Å². The van der Waals surface area contributed by atoms with Gasteiger partial charge >= 0.3 is 18.2 Å². The molecule has 1 aliphatic rings. The molecule has 2 heterocycles. The topological polar surface area (TPSA) is 128 Å². The number of ether oxygens (including phenoxy) is 3. The highest BCUT2D eigenvalue weighted by Gasteiger charge is 2.24. The zero-order valence-electron chi connectivity index (χ0n) is 21.8. The first-order valence-electron chi connectivity index (χ1n) is 12.1. The van der Waals surface area contributed by atoms with Crippen molar-refractivity contribution in [2.75, 3.05) is 24.4 Å². The molecule has 37 heavy (non-hydrogen) atoms. The summed E-state index contributed by atoms with van der Waals surface area (Å²) in [5.74, 6) is -0.402. The van der Waals surface area contributed by atoms with E-state index in [0.29, 0.717) is 29.9 Å². The van der Waals surface area contributed by atoms with Gasteiger partial charge in [-0.05, 0) is 70.4 Å². The minimum absolute atomic E-state index is 0.243. The van der Waals surface area contributed by atoms with Crippen molar-refractivity contribution < 1.29 is 28.6 Å². The Hall–Kier alpha value is -4.08. The van der Waals surface area contributed by atoms with Crippen molar-refractivity contribution in [3.63, 3.8) is 0 Å². The van der Waals surface area contributed by atoms with Gasteiger partial charge in [0.05, 0.1) is 25.5 Å². The SMILES string of the molecule is CCOC(=O)[C@H]1C/C=C\C[C@H](NC(=O)OC(C)(C)C)c2cc(ccn2)-c2ccc(NC(=O)OC)cc2N1. The summed E-state index contributed by atoms with van der Waals surface area (Å²) in [5, 5.41) is 8.84. The molecule has 1 aromatic heterocycles. The third-order valence-corrected chi connectivity index (χ3v) is 5.40. The number of pyridine rings is 1. The molecule has 0 saturated heterocycles. The van der Waals surface area contributed by atoms with E-state index in [1.165, 1.54) is 7.11 Å². The third kappa shape index (κ3) is 7.96. The molecule has 2 atom stereocenters. The largest absolute Gasteiger partial charge is 0.464 e. The van der Waals surface area contributed by atoms with E-state index in [4.69, 9.17) is 14.2 Å². The summed E-state index contributed by atoms with van der Waals surface area (Å²) < 4.78 is 15.4. The van der Waals surface area contributed by atoms with Crippen LogP contribution in [0.3, 0.4) is 0 Å². The van der Waals surface area contributed by atoms with Gasteiger partial charge in [-0.25, -0.2) is 14.4 Å². The Kier molecular flexibility index (Phi) is 9.10. The summed E-state index contributed by atoms with van der Waals surface area (Å²) in [4.78, 5) is 41.6. The predicted octanol–water partition coefficient (Wildman–Crippen LogP) is 5.19. The van der Waals surface area contributed by atoms with E-state index in [2.05, 4.69) is 20.9 Å². The maximum Gasteiger partial charge on any atom is 0.411 e. The second-order valence-corrected chi connectivity index (χ2v) is 9.44. The van der Waals surface area contributed by atoms with Crippen LogP contribution in [-0.2, 0) is 19.0 Å². The Morgan fingerprint density at radius 3 is 2.54 bits per heavy atom. The fourth-order valence-corrected chi connectivity index (χ4v) is 3.78. The average molecular weight is 511 g/mol. The quantitative estimate of drug-likeness (QED) is 0.291. The van der Waals surface area contributed by atoms with Crippen LogP contribution < -0.4 is 16.0 Å². The lowest BCUT2D eigenvalue weighted by Gasteiger charge is -2.24. The van der Waals surface area contributed by atoms with Crippen LogP contribution in [-0.4, -0.2) is 48.5 Å². The molecule has 1 aliphatic heterocycles. The number of carbonyl (C=O) groups excluding carboxylic acids is 3. The van der Waals surface area contributed by atoms with Gasteiger partial charge in [-0.15, -0.1) is 0 Å². The van der Waals surface area contributed by atoms with Gasteiger partial charge in [-0.3, -0.25) is 10.3 Å². The number of fused-ring (bicyclic) bond motifs is 4. The Labute approximate surface area is 216 Å². The van der Waals surface area contributed by atoms with Crippen LogP contribution in [0, 0.1) is 0 Å². The van der Waals surface area contributed by atoms with Crippen molar-refractivity contribution >= 4 is 29.5 Å². The fraction of sp³-hybridized carbons (Fsp3) is 0.407. The van der Waals surface area contributed by atoms with Crippen LogP contribution in [0.25, 0.3) is 11.1 Å². The molecule has 2 amide bonds. The normalized spacial score (nSPS) is 18.0. The van der Waals surface area contributed by atoms with Crippen LogP contribution in [0.5, 0.6) is 0 Å². The Morgan fingerprint density at radius 1 is 1.08 bits per heavy atom. The molecule has 0 unspecified atom stereocenters. The van der Waals surface area contributed by atoms with E-state index < -0.39 is 35.8 Å². The maximum absolute atomic E-state index is 12.8. The van der Waals surface area contributed by atoms with Crippen molar-refractivity contribution in [2.45, 2.75) is 58.2 Å². The number of methoxy groups -OCH3 is 1. The molecular weight excluding hydrogens is 476 g/mol. The molecule has 10 nitrogen and oxygen atoms in total. The Morgan fingerprint density at radius 2 is 1.84 bits per heavy atom. The van der Waals surface area contributed by atoms with E-state index in [9.17, 15) is 14.4 Å². The zero-order valence-corrected chi connectivity index (χ0v) is 21.8. The highest BCUT2D eigenvalue weighted by Crippen LogP contribution is 2.33. The summed E-state index contributed by atoms with van der Waals surface area (Å²) in [7, 11) is 1.28. The number of carbonyl (C=O) groups is 3. The molecular formula is C27H34N4O6. The van der Waals surface area contributed by atoms with Gasteiger partial charge in [0.25, 0.3) is 0 Å². The molecule has 2 aromatic rings. The molecule has 0 spiro atoms. The van der Waals surface area contributed by atoms with Gasteiger partial charge in [0, 0.05) is 23.1 Å². The zero-order chi connectivity index (χ0) is 27.0. The number of anilines is 2. The molecule has 0 saturated carbocycles. The molecule has 10 heteroatoms. The summed E-state index contributed by atoms with van der Waals surface area (Å²) in [6.07, 6.45) is 5.04. The Bertz CT molecular complexity index is 1160. The fourth-order valence-electron chi connectivity index (χ4n) is 3.78. The molecule has 1 aromatic carbocycles. The second kappa shape index (κ2) is 12.2. The molecule has 0 radical (unpaired) electrons. The number of nitrogens with one attached hydrogen (secondary N) is 3. The lowest BCUT2D eigenvalue weighted by molar-refractivity contribution is -0.143. The van der Waals surface area contributed by atoms with Gasteiger partial charge in [-0.2, -0.15) is 0 Å². The standard InChI is InChI=1S/C27H34N4O6/c1-6-36-24(32)21-10-8-7-9-20(31-26(34)37-27(2,3)4)23-15-17(13-14-28-23)19-12-11-18(16-22(19)30-21)29-25(33)35-5/h7-8,11-16,20-21,30H,6,9-10H2,1-5H3,(H,29,33)(H,31,34)/b8-7-/t20-,21+/m0/s1. The first-order valence-corrected chi connectivity index (χ1v) is 12.1.